The lowest BCUT2D eigenvalue weighted by molar-refractivity contribution is 0.559. The second-order valence-corrected chi connectivity index (χ2v) is 3.94. The highest BCUT2D eigenvalue weighted by Gasteiger charge is 2.01. The predicted octanol–water partition coefficient (Wildman–Crippen LogP) is 0.580. The minimum absolute atomic E-state index is 0.0427. The molecule has 0 aliphatic carbocycles. The summed E-state index contributed by atoms with van der Waals surface area (Å²) in [4.78, 5) is 24.5. The summed E-state index contributed by atoms with van der Waals surface area (Å²) in [6.07, 6.45) is 3.29. The van der Waals surface area contributed by atoms with Gasteiger partial charge in [-0.1, -0.05) is 18.5 Å². The molecule has 1 aromatic rings. The Morgan fingerprint density at radius 1 is 1.44 bits per heavy atom. The summed E-state index contributed by atoms with van der Waals surface area (Å²) in [6, 6.07) is 0. The fraction of sp³-hybridized carbons (Fsp3) is 0.600. The molecule has 90 valence electrons. The first kappa shape index (κ1) is 13.0. The van der Waals surface area contributed by atoms with Crippen LogP contribution in [0, 0.1) is 0 Å². The SMILES string of the molecule is CCCNCCCn1cc(Cl)c(=O)[nH]c1=O. The van der Waals surface area contributed by atoms with Gasteiger partial charge in [-0.2, -0.15) is 0 Å². The Bertz CT molecular complexity index is 438. The lowest BCUT2D eigenvalue weighted by Crippen LogP contribution is -2.30. The van der Waals surface area contributed by atoms with Crippen molar-refractivity contribution in [1.82, 2.24) is 14.9 Å². The topological polar surface area (TPSA) is 66.9 Å². The molecule has 0 aromatic carbocycles. The molecule has 16 heavy (non-hydrogen) atoms. The maximum Gasteiger partial charge on any atom is 0.328 e. The molecule has 0 fully saturated rings. The minimum Gasteiger partial charge on any atom is -0.317 e. The number of hydrogen-bond donors (Lipinski definition) is 2. The van der Waals surface area contributed by atoms with Crippen LogP contribution in [0.1, 0.15) is 19.8 Å². The third kappa shape index (κ3) is 3.83. The lowest BCUT2D eigenvalue weighted by atomic mass is 10.4. The van der Waals surface area contributed by atoms with Crippen molar-refractivity contribution in [2.75, 3.05) is 13.1 Å². The standard InChI is InChI=1S/C10H16ClN3O2/c1-2-4-12-5-3-6-14-7-8(11)9(15)13-10(14)16/h7,12H,2-6H2,1H3,(H,13,15,16). The number of nitrogens with zero attached hydrogens (tertiary/aromatic N) is 1. The van der Waals surface area contributed by atoms with E-state index in [9.17, 15) is 9.59 Å². The van der Waals surface area contributed by atoms with E-state index < -0.39 is 11.2 Å². The van der Waals surface area contributed by atoms with E-state index in [1.54, 1.807) is 0 Å². The van der Waals surface area contributed by atoms with Gasteiger partial charge in [0.15, 0.2) is 0 Å². The van der Waals surface area contributed by atoms with Crippen molar-refractivity contribution in [2.45, 2.75) is 26.3 Å². The average Bonchev–Trinajstić information content (AvgIpc) is 2.25. The second-order valence-electron chi connectivity index (χ2n) is 3.53. The summed E-state index contributed by atoms with van der Waals surface area (Å²) in [5.41, 5.74) is -0.947. The van der Waals surface area contributed by atoms with Crippen LogP contribution < -0.4 is 16.6 Å². The van der Waals surface area contributed by atoms with Gasteiger partial charge in [0.1, 0.15) is 5.02 Å². The lowest BCUT2D eigenvalue weighted by Gasteiger charge is -2.05. The molecule has 0 amide bonds. The highest BCUT2D eigenvalue weighted by molar-refractivity contribution is 6.30. The normalized spacial score (nSPS) is 10.6. The molecular weight excluding hydrogens is 230 g/mol. The molecule has 0 bridgehead atoms. The Morgan fingerprint density at radius 2 is 2.19 bits per heavy atom. The minimum atomic E-state index is -0.535. The number of aryl methyl sites for hydroxylation is 1. The van der Waals surface area contributed by atoms with Crippen LogP contribution in [0.3, 0.4) is 0 Å². The van der Waals surface area contributed by atoms with Crippen molar-refractivity contribution < 1.29 is 0 Å². The summed E-state index contributed by atoms with van der Waals surface area (Å²) in [7, 11) is 0. The van der Waals surface area contributed by atoms with E-state index in [4.69, 9.17) is 11.6 Å². The average molecular weight is 246 g/mol. The van der Waals surface area contributed by atoms with Crippen molar-refractivity contribution in [2.24, 2.45) is 0 Å². The van der Waals surface area contributed by atoms with E-state index >= 15 is 0 Å². The molecule has 1 rings (SSSR count). The zero-order chi connectivity index (χ0) is 12.0. The van der Waals surface area contributed by atoms with Crippen LogP contribution in [0.2, 0.25) is 5.02 Å². The van der Waals surface area contributed by atoms with E-state index in [-0.39, 0.29) is 5.02 Å². The number of nitrogens with one attached hydrogen (secondary N) is 2. The number of hydrogen-bond acceptors (Lipinski definition) is 3. The quantitative estimate of drug-likeness (QED) is 0.721. The molecule has 0 aliphatic rings. The molecule has 2 N–H and O–H groups in total. The van der Waals surface area contributed by atoms with E-state index in [1.165, 1.54) is 10.8 Å². The van der Waals surface area contributed by atoms with Crippen molar-refractivity contribution in [1.29, 1.82) is 0 Å². The fourth-order valence-corrected chi connectivity index (χ4v) is 1.49. The van der Waals surface area contributed by atoms with Crippen molar-refractivity contribution in [3.05, 3.63) is 32.1 Å². The first-order valence-corrected chi connectivity index (χ1v) is 5.73. The molecule has 0 spiro atoms. The first-order chi connectivity index (χ1) is 7.65. The van der Waals surface area contributed by atoms with Crippen LogP contribution >= 0.6 is 11.6 Å². The fourth-order valence-electron chi connectivity index (χ4n) is 1.32. The summed E-state index contributed by atoms with van der Waals surface area (Å²) in [6.45, 7) is 4.46. The first-order valence-electron chi connectivity index (χ1n) is 5.35. The van der Waals surface area contributed by atoms with E-state index in [2.05, 4.69) is 17.2 Å². The Kier molecular flexibility index (Phi) is 5.28. The van der Waals surface area contributed by atoms with Gasteiger partial charge in [0.2, 0.25) is 0 Å². The third-order valence-corrected chi connectivity index (χ3v) is 2.42. The molecule has 6 heteroatoms. The molecular formula is C10H16ClN3O2. The molecule has 0 radical (unpaired) electrons. The van der Waals surface area contributed by atoms with E-state index in [0.717, 1.165) is 25.9 Å². The molecule has 0 unspecified atom stereocenters. The summed E-state index contributed by atoms with van der Waals surface area (Å²) >= 11 is 5.63. The monoisotopic (exact) mass is 245 g/mol. The molecule has 1 aromatic heterocycles. The molecule has 0 saturated heterocycles. The second kappa shape index (κ2) is 6.50. The number of rotatable bonds is 6. The van der Waals surface area contributed by atoms with Gasteiger partial charge in [0.25, 0.3) is 5.56 Å². The largest absolute Gasteiger partial charge is 0.328 e. The van der Waals surface area contributed by atoms with Gasteiger partial charge in [-0.05, 0) is 25.9 Å². The summed E-state index contributed by atoms with van der Waals surface area (Å²) in [5.74, 6) is 0. The van der Waals surface area contributed by atoms with Crippen LogP contribution in [0.25, 0.3) is 0 Å². The van der Waals surface area contributed by atoms with Gasteiger partial charge in [-0.15, -0.1) is 0 Å². The number of H-pyrrole nitrogens is 1. The van der Waals surface area contributed by atoms with Gasteiger partial charge < -0.3 is 5.32 Å². The zero-order valence-corrected chi connectivity index (χ0v) is 10.0. The molecule has 0 saturated carbocycles. The summed E-state index contributed by atoms with van der Waals surface area (Å²) < 4.78 is 1.41. The van der Waals surface area contributed by atoms with E-state index in [0.29, 0.717) is 6.54 Å². The number of aromatic nitrogens is 2. The van der Waals surface area contributed by atoms with Crippen LogP contribution in [-0.2, 0) is 6.54 Å². The third-order valence-electron chi connectivity index (χ3n) is 2.15. The highest BCUT2D eigenvalue weighted by atomic mass is 35.5. The molecule has 0 aliphatic heterocycles. The Morgan fingerprint density at radius 3 is 2.88 bits per heavy atom. The maximum absolute atomic E-state index is 11.3. The molecule has 5 nitrogen and oxygen atoms in total. The van der Waals surface area contributed by atoms with Gasteiger partial charge >= 0.3 is 5.69 Å². The predicted molar refractivity (Wildman–Crippen MR) is 64.1 cm³/mol. The zero-order valence-electron chi connectivity index (χ0n) is 9.25. The van der Waals surface area contributed by atoms with Gasteiger partial charge in [0.05, 0.1) is 0 Å². The van der Waals surface area contributed by atoms with Crippen LogP contribution in [0.5, 0.6) is 0 Å². The van der Waals surface area contributed by atoms with Crippen molar-refractivity contribution >= 4 is 11.6 Å². The number of halogens is 1. The Hall–Kier alpha value is -1.07. The Labute approximate surface area is 98.4 Å². The smallest absolute Gasteiger partial charge is 0.317 e. The van der Waals surface area contributed by atoms with Gasteiger partial charge in [0, 0.05) is 12.7 Å². The van der Waals surface area contributed by atoms with Crippen LogP contribution in [0.15, 0.2) is 15.8 Å². The van der Waals surface area contributed by atoms with Crippen molar-refractivity contribution in [3.8, 4) is 0 Å². The van der Waals surface area contributed by atoms with Crippen LogP contribution in [-0.4, -0.2) is 22.6 Å². The number of aromatic amines is 1. The summed E-state index contributed by atoms with van der Waals surface area (Å²) in [5, 5.41) is 3.27. The molecule has 0 atom stereocenters. The molecule has 1 heterocycles. The van der Waals surface area contributed by atoms with Crippen LogP contribution in [0.4, 0.5) is 0 Å². The van der Waals surface area contributed by atoms with E-state index in [1.807, 2.05) is 0 Å². The van der Waals surface area contributed by atoms with Gasteiger partial charge in [-0.3, -0.25) is 14.3 Å². The van der Waals surface area contributed by atoms with Gasteiger partial charge in [-0.25, -0.2) is 4.79 Å². The highest BCUT2D eigenvalue weighted by Crippen LogP contribution is 1.96. The van der Waals surface area contributed by atoms with Crippen molar-refractivity contribution in [3.63, 3.8) is 0 Å². The maximum atomic E-state index is 11.3. The Balaban J connectivity index is 2.51.